The average molecular weight is 375 g/mol. The van der Waals surface area contributed by atoms with Gasteiger partial charge in [0.25, 0.3) is 0 Å². The second-order valence-electron chi connectivity index (χ2n) is 4.75. The van der Waals surface area contributed by atoms with Gasteiger partial charge in [0.15, 0.2) is 0 Å². The van der Waals surface area contributed by atoms with Crippen LogP contribution in [-0.2, 0) is 0 Å². The molecule has 2 rings (SSSR count). The SMILES string of the molecule is CCNC(c1ccc(Br)cc1Cl)c1c(F)ccc(C)c1F. The Hall–Kier alpha value is -0.970. The van der Waals surface area contributed by atoms with Crippen molar-refractivity contribution in [1.82, 2.24) is 5.32 Å². The summed E-state index contributed by atoms with van der Waals surface area (Å²) in [5.74, 6) is -1.12. The number of hydrogen-bond donors (Lipinski definition) is 1. The average Bonchev–Trinajstić information content (AvgIpc) is 2.43. The van der Waals surface area contributed by atoms with E-state index in [0.717, 1.165) is 4.47 Å². The maximum absolute atomic E-state index is 14.4. The van der Waals surface area contributed by atoms with E-state index in [1.807, 2.05) is 6.92 Å². The van der Waals surface area contributed by atoms with Gasteiger partial charge in [-0.25, -0.2) is 8.78 Å². The Kier molecular flexibility index (Phi) is 5.36. The molecule has 21 heavy (non-hydrogen) atoms. The van der Waals surface area contributed by atoms with Gasteiger partial charge in [-0.05, 0) is 42.8 Å². The minimum absolute atomic E-state index is 0.000993. The fourth-order valence-electron chi connectivity index (χ4n) is 2.25. The second kappa shape index (κ2) is 6.86. The zero-order chi connectivity index (χ0) is 15.6. The second-order valence-corrected chi connectivity index (χ2v) is 6.07. The summed E-state index contributed by atoms with van der Waals surface area (Å²) in [5.41, 5.74) is 1.05. The van der Waals surface area contributed by atoms with Crippen LogP contribution in [0, 0.1) is 18.6 Å². The van der Waals surface area contributed by atoms with Crippen LogP contribution in [0.3, 0.4) is 0 Å². The summed E-state index contributed by atoms with van der Waals surface area (Å²) in [4.78, 5) is 0. The molecule has 0 saturated carbocycles. The standard InChI is InChI=1S/C16H15BrClF2N/c1-3-21-16(11-6-5-10(17)8-12(11)18)14-13(19)7-4-9(2)15(14)20/h4-8,16,21H,3H2,1-2H3. The van der Waals surface area contributed by atoms with Crippen molar-refractivity contribution >= 4 is 27.5 Å². The molecule has 0 fully saturated rings. The summed E-state index contributed by atoms with van der Waals surface area (Å²) in [6.45, 7) is 4.06. The fraction of sp³-hybridized carbons (Fsp3) is 0.250. The van der Waals surface area contributed by atoms with Gasteiger partial charge in [-0.3, -0.25) is 0 Å². The fourth-order valence-corrected chi connectivity index (χ4v) is 3.03. The zero-order valence-corrected chi connectivity index (χ0v) is 14.0. The third-order valence-corrected chi connectivity index (χ3v) is 4.11. The topological polar surface area (TPSA) is 12.0 Å². The highest BCUT2D eigenvalue weighted by Crippen LogP contribution is 2.33. The molecule has 1 nitrogen and oxygen atoms in total. The number of halogens is 4. The molecular weight excluding hydrogens is 360 g/mol. The van der Waals surface area contributed by atoms with Crippen molar-refractivity contribution < 1.29 is 8.78 Å². The molecule has 0 aliphatic rings. The predicted octanol–water partition coefficient (Wildman–Crippen LogP) is 5.39. The van der Waals surface area contributed by atoms with Gasteiger partial charge in [0, 0.05) is 15.1 Å². The molecule has 1 unspecified atom stereocenters. The highest BCUT2D eigenvalue weighted by Gasteiger charge is 2.24. The lowest BCUT2D eigenvalue weighted by Gasteiger charge is -2.22. The smallest absolute Gasteiger partial charge is 0.134 e. The number of benzene rings is 2. The van der Waals surface area contributed by atoms with Gasteiger partial charge in [-0.15, -0.1) is 0 Å². The maximum Gasteiger partial charge on any atom is 0.134 e. The molecule has 0 spiro atoms. The van der Waals surface area contributed by atoms with E-state index in [9.17, 15) is 8.78 Å². The van der Waals surface area contributed by atoms with Gasteiger partial charge in [0.1, 0.15) is 11.6 Å². The first-order chi connectivity index (χ1) is 9.95. The molecule has 0 aliphatic heterocycles. The van der Waals surface area contributed by atoms with Crippen LogP contribution in [0.4, 0.5) is 8.78 Å². The van der Waals surface area contributed by atoms with Gasteiger partial charge < -0.3 is 5.32 Å². The van der Waals surface area contributed by atoms with E-state index < -0.39 is 17.7 Å². The molecule has 0 heterocycles. The predicted molar refractivity (Wildman–Crippen MR) is 85.8 cm³/mol. The molecular formula is C16H15BrClF2N. The number of aryl methyl sites for hydroxylation is 1. The van der Waals surface area contributed by atoms with Crippen molar-refractivity contribution in [2.24, 2.45) is 0 Å². The Morgan fingerprint density at radius 3 is 2.57 bits per heavy atom. The van der Waals surface area contributed by atoms with E-state index in [4.69, 9.17) is 11.6 Å². The Labute approximate surface area is 136 Å². The molecule has 0 aliphatic carbocycles. The molecule has 0 radical (unpaired) electrons. The Morgan fingerprint density at radius 1 is 1.24 bits per heavy atom. The highest BCUT2D eigenvalue weighted by molar-refractivity contribution is 9.10. The first kappa shape index (κ1) is 16.4. The van der Waals surface area contributed by atoms with E-state index in [0.29, 0.717) is 22.7 Å². The maximum atomic E-state index is 14.4. The lowest BCUT2D eigenvalue weighted by atomic mass is 9.96. The van der Waals surface area contributed by atoms with Crippen LogP contribution in [0.5, 0.6) is 0 Å². The molecule has 0 aromatic heterocycles. The first-order valence-electron chi connectivity index (χ1n) is 6.58. The van der Waals surface area contributed by atoms with Crippen LogP contribution < -0.4 is 5.32 Å². The molecule has 2 aromatic carbocycles. The van der Waals surface area contributed by atoms with Gasteiger partial charge in [-0.2, -0.15) is 0 Å². The summed E-state index contributed by atoms with van der Waals surface area (Å²) < 4.78 is 29.4. The molecule has 1 atom stereocenters. The minimum Gasteiger partial charge on any atom is -0.306 e. The van der Waals surface area contributed by atoms with E-state index in [-0.39, 0.29) is 5.56 Å². The van der Waals surface area contributed by atoms with Gasteiger partial charge in [0.05, 0.1) is 6.04 Å². The Balaban J connectivity index is 2.61. The van der Waals surface area contributed by atoms with Crippen LogP contribution in [0.15, 0.2) is 34.8 Å². The molecule has 0 saturated heterocycles. The van der Waals surface area contributed by atoms with Crippen LogP contribution in [0.1, 0.15) is 29.7 Å². The normalized spacial score (nSPS) is 12.5. The van der Waals surface area contributed by atoms with Crippen LogP contribution in [-0.4, -0.2) is 6.54 Å². The largest absolute Gasteiger partial charge is 0.306 e. The highest BCUT2D eigenvalue weighted by atomic mass is 79.9. The summed E-state index contributed by atoms with van der Waals surface area (Å²) in [6, 6.07) is 7.37. The van der Waals surface area contributed by atoms with E-state index in [2.05, 4.69) is 21.2 Å². The zero-order valence-electron chi connectivity index (χ0n) is 11.7. The molecule has 2 aromatic rings. The third-order valence-electron chi connectivity index (χ3n) is 3.29. The van der Waals surface area contributed by atoms with Crippen LogP contribution in [0.25, 0.3) is 0 Å². The van der Waals surface area contributed by atoms with E-state index in [1.54, 1.807) is 25.1 Å². The summed E-state index contributed by atoms with van der Waals surface area (Å²) in [5, 5.41) is 3.56. The van der Waals surface area contributed by atoms with Crippen molar-refractivity contribution in [1.29, 1.82) is 0 Å². The molecule has 1 N–H and O–H groups in total. The summed E-state index contributed by atoms with van der Waals surface area (Å²) in [7, 11) is 0. The van der Waals surface area contributed by atoms with Crippen LogP contribution >= 0.6 is 27.5 Å². The Bertz CT molecular complexity index is 661. The molecule has 0 bridgehead atoms. The number of hydrogen-bond acceptors (Lipinski definition) is 1. The van der Waals surface area contributed by atoms with Crippen molar-refractivity contribution in [2.75, 3.05) is 6.54 Å². The number of rotatable bonds is 4. The Morgan fingerprint density at radius 2 is 1.95 bits per heavy atom. The minimum atomic E-state index is -0.629. The van der Waals surface area contributed by atoms with Crippen LogP contribution in [0.2, 0.25) is 5.02 Å². The van der Waals surface area contributed by atoms with Crippen molar-refractivity contribution in [2.45, 2.75) is 19.9 Å². The quantitative estimate of drug-likeness (QED) is 0.757. The van der Waals surface area contributed by atoms with Crippen molar-refractivity contribution in [3.8, 4) is 0 Å². The number of nitrogens with one attached hydrogen (secondary N) is 1. The monoisotopic (exact) mass is 373 g/mol. The first-order valence-corrected chi connectivity index (χ1v) is 7.75. The van der Waals surface area contributed by atoms with Gasteiger partial charge >= 0.3 is 0 Å². The van der Waals surface area contributed by atoms with E-state index in [1.165, 1.54) is 12.1 Å². The van der Waals surface area contributed by atoms with Gasteiger partial charge in [0.2, 0.25) is 0 Å². The third kappa shape index (κ3) is 3.44. The lowest BCUT2D eigenvalue weighted by molar-refractivity contribution is 0.506. The van der Waals surface area contributed by atoms with Crippen molar-refractivity contribution in [3.63, 3.8) is 0 Å². The van der Waals surface area contributed by atoms with E-state index >= 15 is 0 Å². The summed E-state index contributed by atoms with van der Waals surface area (Å²) >= 11 is 9.57. The molecule has 112 valence electrons. The molecule has 0 amide bonds. The van der Waals surface area contributed by atoms with Gasteiger partial charge in [-0.1, -0.05) is 46.6 Å². The lowest BCUT2D eigenvalue weighted by Crippen LogP contribution is -2.24. The van der Waals surface area contributed by atoms with Crippen molar-refractivity contribution in [3.05, 3.63) is 68.2 Å². The summed E-state index contributed by atoms with van der Waals surface area (Å²) in [6.07, 6.45) is 0. The molecule has 5 heteroatoms.